The van der Waals surface area contributed by atoms with E-state index in [1.807, 2.05) is 18.2 Å². The molecule has 1 aromatic heterocycles. The van der Waals surface area contributed by atoms with Gasteiger partial charge in [0.15, 0.2) is 11.5 Å². The molecule has 9 nitrogen and oxygen atoms in total. The molecule has 0 spiro atoms. The van der Waals surface area contributed by atoms with Gasteiger partial charge in [-0.05, 0) is 62.4 Å². The fourth-order valence-electron chi connectivity index (χ4n) is 5.84. The predicted octanol–water partition coefficient (Wildman–Crippen LogP) is 3.70. The molecular formula is C28H33N5O4. The van der Waals surface area contributed by atoms with Crippen molar-refractivity contribution < 1.29 is 14.3 Å². The lowest BCUT2D eigenvalue weighted by Gasteiger charge is -2.34. The summed E-state index contributed by atoms with van der Waals surface area (Å²) in [7, 11) is 3.22. The molecule has 0 bridgehead atoms. The number of carbonyl (C=O) groups excluding carboxylic acids is 1. The van der Waals surface area contributed by atoms with Gasteiger partial charge in [0.2, 0.25) is 0 Å². The molecular weight excluding hydrogens is 470 g/mol. The molecule has 0 saturated carbocycles. The van der Waals surface area contributed by atoms with Crippen LogP contribution in [0.1, 0.15) is 28.7 Å². The molecule has 2 aliphatic rings. The minimum absolute atomic E-state index is 0.0731. The SMILES string of the molecule is COc1cc2c(cc1OC)-c1cc(N(c3c(C)cc(C)cc3C)C3CCN(C(N)=O)C3)nc(=O)n1CC2. The number of aryl methyl sites for hydroxylation is 4. The third kappa shape index (κ3) is 4.28. The second kappa shape index (κ2) is 9.46. The molecule has 3 aromatic rings. The van der Waals surface area contributed by atoms with E-state index in [1.165, 1.54) is 0 Å². The van der Waals surface area contributed by atoms with Crippen LogP contribution in [0.4, 0.5) is 16.3 Å². The summed E-state index contributed by atoms with van der Waals surface area (Å²) in [5.74, 6) is 1.83. The number of nitrogens with two attached hydrogens (primary N) is 1. The maximum Gasteiger partial charge on any atom is 0.350 e. The van der Waals surface area contributed by atoms with E-state index in [4.69, 9.17) is 15.2 Å². The first-order valence-corrected chi connectivity index (χ1v) is 12.5. The van der Waals surface area contributed by atoms with Gasteiger partial charge in [-0.2, -0.15) is 4.98 Å². The fraction of sp³-hybridized carbons (Fsp3) is 0.393. The van der Waals surface area contributed by atoms with E-state index in [1.54, 1.807) is 23.7 Å². The normalized spacial score (nSPS) is 16.2. The minimum Gasteiger partial charge on any atom is -0.493 e. The Balaban J connectivity index is 1.71. The Labute approximate surface area is 216 Å². The van der Waals surface area contributed by atoms with E-state index in [9.17, 15) is 9.59 Å². The van der Waals surface area contributed by atoms with Gasteiger partial charge in [-0.25, -0.2) is 9.59 Å². The van der Waals surface area contributed by atoms with E-state index < -0.39 is 6.03 Å². The Morgan fingerprint density at radius 3 is 2.32 bits per heavy atom. The molecule has 1 unspecified atom stereocenters. The topological polar surface area (TPSA) is 103 Å². The van der Waals surface area contributed by atoms with Gasteiger partial charge >= 0.3 is 11.7 Å². The average molecular weight is 504 g/mol. The lowest BCUT2D eigenvalue weighted by Crippen LogP contribution is -2.40. The highest BCUT2D eigenvalue weighted by Crippen LogP contribution is 2.41. The molecule has 0 aliphatic carbocycles. The van der Waals surface area contributed by atoms with Crippen molar-refractivity contribution in [3.63, 3.8) is 0 Å². The summed E-state index contributed by atoms with van der Waals surface area (Å²) in [4.78, 5) is 33.7. The first-order chi connectivity index (χ1) is 17.7. The number of urea groups is 1. The zero-order chi connectivity index (χ0) is 26.4. The number of aromatic nitrogens is 2. The first kappa shape index (κ1) is 24.7. The van der Waals surface area contributed by atoms with Crippen LogP contribution in [0, 0.1) is 20.8 Å². The Morgan fingerprint density at radius 2 is 1.70 bits per heavy atom. The van der Waals surface area contributed by atoms with Gasteiger partial charge in [-0.3, -0.25) is 4.57 Å². The van der Waals surface area contributed by atoms with Crippen molar-refractivity contribution in [3.05, 3.63) is 63.1 Å². The van der Waals surface area contributed by atoms with Crippen LogP contribution in [-0.4, -0.2) is 53.8 Å². The van der Waals surface area contributed by atoms with Gasteiger partial charge in [-0.15, -0.1) is 0 Å². The Kier molecular flexibility index (Phi) is 6.31. The van der Waals surface area contributed by atoms with E-state index in [0.29, 0.717) is 43.4 Å². The number of hydrogen-bond donors (Lipinski definition) is 1. The van der Waals surface area contributed by atoms with Crippen LogP contribution in [0.5, 0.6) is 11.5 Å². The Bertz CT molecular complexity index is 1420. The number of ether oxygens (including phenoxy) is 2. The van der Waals surface area contributed by atoms with Crippen molar-refractivity contribution >= 4 is 17.5 Å². The first-order valence-electron chi connectivity index (χ1n) is 12.5. The second-order valence-corrected chi connectivity index (χ2v) is 9.89. The third-order valence-electron chi connectivity index (χ3n) is 7.45. The van der Waals surface area contributed by atoms with Gasteiger partial charge in [-0.1, -0.05) is 17.7 Å². The number of methoxy groups -OCH3 is 2. The lowest BCUT2D eigenvalue weighted by atomic mass is 9.96. The van der Waals surface area contributed by atoms with Gasteiger partial charge in [0.25, 0.3) is 0 Å². The third-order valence-corrected chi connectivity index (χ3v) is 7.45. The van der Waals surface area contributed by atoms with E-state index in [-0.39, 0.29) is 11.7 Å². The molecule has 1 fully saturated rings. The molecule has 194 valence electrons. The van der Waals surface area contributed by atoms with Crippen molar-refractivity contribution in [3.8, 4) is 22.8 Å². The summed E-state index contributed by atoms with van der Waals surface area (Å²) < 4.78 is 12.8. The van der Waals surface area contributed by atoms with Crippen LogP contribution in [0.3, 0.4) is 0 Å². The van der Waals surface area contributed by atoms with Gasteiger partial charge in [0.05, 0.1) is 26.0 Å². The number of hydrogen-bond acceptors (Lipinski definition) is 6. The highest BCUT2D eigenvalue weighted by molar-refractivity contribution is 5.76. The van der Waals surface area contributed by atoms with Crippen molar-refractivity contribution in [1.29, 1.82) is 0 Å². The summed E-state index contributed by atoms with van der Waals surface area (Å²) in [5, 5.41) is 0. The number of rotatable bonds is 5. The van der Waals surface area contributed by atoms with Crippen molar-refractivity contribution in [2.45, 2.75) is 46.2 Å². The Hall–Kier alpha value is -4.01. The van der Waals surface area contributed by atoms with E-state index in [0.717, 1.165) is 45.6 Å². The number of benzene rings is 2. The molecule has 37 heavy (non-hydrogen) atoms. The number of anilines is 2. The molecule has 2 amide bonds. The number of nitrogens with zero attached hydrogens (tertiary/aromatic N) is 4. The molecule has 5 rings (SSSR count). The quantitative estimate of drug-likeness (QED) is 0.570. The Morgan fingerprint density at radius 1 is 1.03 bits per heavy atom. The molecule has 1 saturated heterocycles. The molecule has 2 N–H and O–H groups in total. The van der Waals surface area contributed by atoms with Crippen molar-refractivity contribution in [2.24, 2.45) is 5.73 Å². The number of likely N-dealkylation sites (tertiary alicyclic amines) is 1. The molecule has 0 radical (unpaired) electrons. The molecule has 1 atom stereocenters. The van der Waals surface area contributed by atoms with Crippen molar-refractivity contribution in [1.82, 2.24) is 14.5 Å². The van der Waals surface area contributed by atoms with E-state index >= 15 is 0 Å². The molecule has 3 heterocycles. The number of amides is 2. The van der Waals surface area contributed by atoms with Gasteiger partial charge in [0.1, 0.15) is 5.82 Å². The number of fused-ring (bicyclic) bond motifs is 3. The fourth-order valence-corrected chi connectivity index (χ4v) is 5.84. The summed E-state index contributed by atoms with van der Waals surface area (Å²) in [5.41, 5.74) is 12.4. The minimum atomic E-state index is -0.437. The highest BCUT2D eigenvalue weighted by atomic mass is 16.5. The number of primary amides is 1. The smallest absolute Gasteiger partial charge is 0.350 e. The summed E-state index contributed by atoms with van der Waals surface area (Å²) in [6.45, 7) is 7.77. The van der Waals surface area contributed by atoms with Crippen molar-refractivity contribution in [2.75, 3.05) is 32.2 Å². The number of carbonyl (C=O) groups is 1. The van der Waals surface area contributed by atoms with Crippen LogP contribution < -0.4 is 25.8 Å². The summed E-state index contributed by atoms with van der Waals surface area (Å²) >= 11 is 0. The van der Waals surface area contributed by atoms with E-state index in [2.05, 4.69) is 42.8 Å². The monoisotopic (exact) mass is 503 g/mol. The maximum atomic E-state index is 13.4. The second-order valence-electron chi connectivity index (χ2n) is 9.89. The molecule has 2 aliphatic heterocycles. The molecule has 9 heteroatoms. The maximum absolute atomic E-state index is 13.4. The van der Waals surface area contributed by atoms with Gasteiger partial charge in [0, 0.05) is 37.0 Å². The van der Waals surface area contributed by atoms with Crippen LogP contribution in [0.2, 0.25) is 0 Å². The standard InChI is InChI=1S/C28H33N5O4/c1-16-10-17(2)26(18(3)11-16)33(20-7-8-31(15-20)27(29)34)25-14-22-21-13-24(37-5)23(36-4)12-19(21)6-9-32(22)28(35)30-25/h10-14,20H,6-9,15H2,1-5H3,(H2,29,34). The predicted molar refractivity (Wildman–Crippen MR) is 143 cm³/mol. The van der Waals surface area contributed by atoms with Crippen LogP contribution >= 0.6 is 0 Å². The summed E-state index contributed by atoms with van der Waals surface area (Å²) in [6, 6.07) is 9.65. The van der Waals surface area contributed by atoms with Crippen LogP contribution in [0.15, 0.2) is 35.1 Å². The summed E-state index contributed by atoms with van der Waals surface area (Å²) in [6.07, 6.45) is 1.41. The lowest BCUT2D eigenvalue weighted by molar-refractivity contribution is 0.218. The average Bonchev–Trinajstić information content (AvgIpc) is 3.35. The van der Waals surface area contributed by atoms with Gasteiger partial charge < -0.3 is 25.0 Å². The highest BCUT2D eigenvalue weighted by Gasteiger charge is 2.34. The largest absolute Gasteiger partial charge is 0.493 e. The zero-order valence-electron chi connectivity index (χ0n) is 22.0. The van der Waals surface area contributed by atoms with Crippen LogP contribution in [0.25, 0.3) is 11.3 Å². The van der Waals surface area contributed by atoms with Crippen LogP contribution in [-0.2, 0) is 13.0 Å². The molecule has 2 aromatic carbocycles. The zero-order valence-corrected chi connectivity index (χ0v) is 22.0.